The summed E-state index contributed by atoms with van der Waals surface area (Å²) in [5.41, 5.74) is -7.58. The zero-order valence-corrected chi connectivity index (χ0v) is 31.1. The van der Waals surface area contributed by atoms with E-state index in [1.54, 1.807) is 0 Å². The first-order valence-electron chi connectivity index (χ1n) is 15.5. The van der Waals surface area contributed by atoms with E-state index in [-0.39, 0.29) is 54.6 Å². The average Bonchev–Trinajstić information content (AvgIpc) is 3.14. The average molecular weight is 1000 g/mol. The molecule has 64 heavy (non-hydrogen) atoms. The van der Waals surface area contributed by atoms with Crippen LogP contribution >= 0.6 is 0 Å². The van der Waals surface area contributed by atoms with Crippen LogP contribution in [0.2, 0.25) is 0 Å². The Kier molecular flexibility index (Phi) is 12.9. The van der Waals surface area contributed by atoms with Gasteiger partial charge in [-0.25, -0.2) is 18.3 Å². The van der Waals surface area contributed by atoms with Crippen LogP contribution in [0.4, 0.5) is 87.8 Å². The molecule has 354 valence electrons. The molecule has 4 rings (SSSR count). The maximum absolute atomic E-state index is 14.8. The minimum Gasteiger partial charge on any atom is -0.507 e. The van der Waals surface area contributed by atoms with Crippen LogP contribution in [-0.4, -0.2) is 66.0 Å². The number of halogens is 20. The van der Waals surface area contributed by atoms with Crippen LogP contribution in [0.1, 0.15) is 11.1 Å². The molecule has 0 aliphatic rings. The van der Waals surface area contributed by atoms with Crippen LogP contribution in [0.5, 0.6) is 17.2 Å². The number of rotatable bonds is 16. The minimum atomic E-state index is -7.30. The van der Waals surface area contributed by atoms with Crippen molar-refractivity contribution in [1.82, 2.24) is 0 Å². The number of phenols is 1. The maximum atomic E-state index is 14.8. The van der Waals surface area contributed by atoms with Crippen LogP contribution < -0.4 is 4.74 Å². The molecular weight excluding hydrogens is 988 g/mol. The first-order valence-corrected chi connectivity index (χ1v) is 18.4. The van der Waals surface area contributed by atoms with Gasteiger partial charge in [-0.3, -0.25) is 9.11 Å². The van der Waals surface area contributed by atoms with Crippen LogP contribution in [-0.2, 0) is 41.6 Å². The Morgan fingerprint density at radius 3 is 1.11 bits per heavy atom. The third kappa shape index (κ3) is 8.93. The molecule has 0 aliphatic heterocycles. The van der Waals surface area contributed by atoms with Gasteiger partial charge in [0.15, 0.2) is 11.6 Å². The summed E-state index contributed by atoms with van der Waals surface area (Å²) in [7, 11) is -14.6. The van der Waals surface area contributed by atoms with Crippen molar-refractivity contribution in [3.05, 3.63) is 101 Å². The van der Waals surface area contributed by atoms with Gasteiger partial charge in [-0.15, -0.1) is 0 Å². The first kappa shape index (κ1) is 51.5. The summed E-state index contributed by atoms with van der Waals surface area (Å²) in [5, 5.41) is -3.11. The highest BCUT2D eigenvalue weighted by Gasteiger charge is 2.75. The number of aromatic hydroxyl groups is 1. The monoisotopic (exact) mass is 1000 g/mol. The van der Waals surface area contributed by atoms with Crippen LogP contribution in [0.15, 0.2) is 66.7 Å². The van der Waals surface area contributed by atoms with Crippen molar-refractivity contribution in [3.63, 3.8) is 0 Å². The molecule has 0 amide bonds. The van der Waals surface area contributed by atoms with Crippen molar-refractivity contribution < 1.29 is 133 Å². The number of hydrogen-bond donors (Lipinski definition) is 3. The molecule has 4 aromatic rings. The van der Waals surface area contributed by atoms with Gasteiger partial charge in [-0.05, 0) is 23.3 Å². The molecule has 0 aromatic heterocycles. The summed E-state index contributed by atoms with van der Waals surface area (Å²) in [4.78, 5) is 0. The summed E-state index contributed by atoms with van der Waals surface area (Å²) in [6.07, 6.45) is -27.6. The number of phenolic OH excluding ortho intramolecular Hbond substituents is 1. The van der Waals surface area contributed by atoms with E-state index in [0.717, 1.165) is 0 Å². The highest BCUT2D eigenvalue weighted by molar-refractivity contribution is 7.87. The molecule has 0 radical (unpaired) electrons. The second-order valence-electron chi connectivity index (χ2n) is 12.3. The molecule has 0 unspecified atom stereocenters. The fourth-order valence-electron chi connectivity index (χ4n) is 4.78. The normalized spacial score (nSPS) is 14.2. The largest absolute Gasteiger partial charge is 0.507 e. The van der Waals surface area contributed by atoms with Crippen LogP contribution in [0, 0.1) is 23.3 Å². The van der Waals surface area contributed by atoms with Crippen molar-refractivity contribution in [2.45, 2.75) is 46.8 Å². The van der Waals surface area contributed by atoms with E-state index in [0.29, 0.717) is 12.1 Å². The second-order valence-corrected chi connectivity index (χ2v) is 15.2. The van der Waals surface area contributed by atoms with Gasteiger partial charge in [0.2, 0.25) is 17.4 Å². The van der Waals surface area contributed by atoms with E-state index >= 15 is 0 Å². The smallest absolute Gasteiger partial charge is 0.460 e. The van der Waals surface area contributed by atoms with Gasteiger partial charge in [-0.2, -0.15) is 95.9 Å². The Morgan fingerprint density at radius 2 is 0.781 bits per heavy atom. The lowest BCUT2D eigenvalue weighted by Gasteiger charge is -2.31. The molecule has 10 nitrogen and oxygen atoms in total. The van der Waals surface area contributed by atoms with Gasteiger partial charge >= 0.3 is 67.0 Å². The molecule has 0 saturated carbocycles. The van der Waals surface area contributed by atoms with Gasteiger partial charge < -0.3 is 9.84 Å². The fraction of sp³-hybridized carbons (Fsp3) is 0.250. The lowest BCUT2D eigenvalue weighted by Crippen LogP contribution is -2.55. The SMILES string of the molecule is O=S(=O)(O)C(F)(F)C(F)(F)OC(F)(F)C(F)(F)c1ccc(-c2cc(Oc3c(F)c(F)cc(F)c3F)c(-c3ccc(C(F)(F)C(F)(F)OC(F)(F)C(F)(F)S(=O)(=O)O)cc3)cc2O)cc1. The van der Waals surface area contributed by atoms with Crippen molar-refractivity contribution in [2.75, 3.05) is 0 Å². The van der Waals surface area contributed by atoms with E-state index in [4.69, 9.17) is 13.8 Å². The molecule has 0 atom stereocenters. The predicted octanol–water partition coefficient (Wildman–Crippen LogP) is 10.6. The van der Waals surface area contributed by atoms with E-state index in [1.807, 2.05) is 0 Å². The highest BCUT2D eigenvalue weighted by Crippen LogP contribution is 2.53. The number of ether oxygens (including phenoxy) is 3. The maximum Gasteiger partial charge on any atom is 0.460 e. The van der Waals surface area contributed by atoms with Crippen LogP contribution in [0.25, 0.3) is 22.3 Å². The van der Waals surface area contributed by atoms with Gasteiger partial charge in [0.1, 0.15) is 11.5 Å². The summed E-state index contributed by atoms with van der Waals surface area (Å²) < 4.78 is 350. The lowest BCUT2D eigenvalue weighted by atomic mass is 9.95. The second kappa shape index (κ2) is 16.1. The van der Waals surface area contributed by atoms with E-state index in [2.05, 4.69) is 9.47 Å². The zero-order chi connectivity index (χ0) is 49.4. The molecule has 0 aliphatic carbocycles. The Labute approximate surface area is 340 Å². The van der Waals surface area contributed by atoms with Crippen molar-refractivity contribution in [1.29, 1.82) is 0 Å². The van der Waals surface area contributed by atoms with Gasteiger partial charge in [0.25, 0.3) is 0 Å². The Balaban J connectivity index is 1.82. The van der Waals surface area contributed by atoms with Crippen molar-refractivity contribution >= 4 is 20.2 Å². The van der Waals surface area contributed by atoms with Crippen molar-refractivity contribution in [3.8, 4) is 39.5 Å². The lowest BCUT2D eigenvalue weighted by molar-refractivity contribution is -0.460. The van der Waals surface area contributed by atoms with E-state index < -0.39 is 141 Å². The standard InChI is InChI=1S/C32H14F20O10S2/c33-18-11-19(34)23(36)24(22(18)35)60-21-10-16(12-1-5-14(6-2-12)25(37,38)27(41,42)61-29(45,46)31(49,50)63(54,55)56)20(53)9-17(21)13-3-7-15(8-4-13)26(39,40)28(43,44)62-30(47,48)32(51,52)64(57,58)59/h1-11,53H,(H,54,55,56)(H,57,58,59). The number of alkyl halides is 16. The molecule has 32 heteroatoms. The molecule has 3 N–H and O–H groups in total. The Hall–Kier alpha value is -5.18. The summed E-state index contributed by atoms with van der Waals surface area (Å²) >= 11 is 0. The van der Waals surface area contributed by atoms with E-state index in [1.165, 1.54) is 0 Å². The summed E-state index contributed by atoms with van der Waals surface area (Å²) in [6, 6.07) is 0.781. The van der Waals surface area contributed by atoms with Crippen molar-refractivity contribution in [2.24, 2.45) is 0 Å². The number of benzene rings is 4. The van der Waals surface area contributed by atoms with Gasteiger partial charge in [-0.1, -0.05) is 48.5 Å². The third-order valence-electron chi connectivity index (χ3n) is 8.07. The Morgan fingerprint density at radius 1 is 0.453 bits per heavy atom. The molecule has 0 saturated heterocycles. The quantitative estimate of drug-likeness (QED) is 0.0561. The number of hydrogen-bond acceptors (Lipinski definition) is 8. The topological polar surface area (TPSA) is 157 Å². The first-order chi connectivity index (χ1) is 28.6. The fourth-order valence-corrected chi connectivity index (χ4v) is 5.47. The molecule has 0 fully saturated rings. The summed E-state index contributed by atoms with van der Waals surface area (Å²) in [5.74, 6) is -25.7. The van der Waals surface area contributed by atoms with Gasteiger partial charge in [0, 0.05) is 28.3 Å². The van der Waals surface area contributed by atoms with Gasteiger partial charge in [0.05, 0.1) is 0 Å². The Bertz CT molecular complexity index is 2640. The van der Waals surface area contributed by atoms with E-state index in [9.17, 15) is 110 Å². The zero-order valence-electron chi connectivity index (χ0n) is 29.4. The predicted molar refractivity (Wildman–Crippen MR) is 168 cm³/mol. The molecule has 0 heterocycles. The third-order valence-corrected chi connectivity index (χ3v) is 9.84. The molecule has 0 spiro atoms. The molecule has 0 bridgehead atoms. The molecule has 4 aromatic carbocycles. The highest BCUT2D eigenvalue weighted by atomic mass is 32.2. The molecular formula is C32H14F20O10S2. The van der Waals surface area contributed by atoms with Crippen LogP contribution in [0.3, 0.4) is 0 Å². The minimum absolute atomic E-state index is 0.126. The summed E-state index contributed by atoms with van der Waals surface area (Å²) in [6.45, 7) is 0.